The number of aryl methyl sites for hydroxylation is 2. The summed E-state index contributed by atoms with van der Waals surface area (Å²) < 4.78 is 0. The number of pyridine rings is 2. The van der Waals surface area contributed by atoms with Gasteiger partial charge in [0.25, 0.3) is 0 Å². The molecule has 1 aliphatic carbocycles. The minimum atomic E-state index is 0.0989. The SMILES string of the molecule is CCC(C)C(C)O/N=C1\CCCc2ccc(-c3sc(-c4cccnc4)nc3C)nc21. The van der Waals surface area contributed by atoms with Gasteiger partial charge in [0.15, 0.2) is 0 Å². The molecule has 0 spiro atoms. The molecule has 0 saturated heterocycles. The van der Waals surface area contributed by atoms with Crippen molar-refractivity contribution in [1.29, 1.82) is 0 Å². The Bertz CT molecular complexity index is 1040. The van der Waals surface area contributed by atoms with Crippen LogP contribution in [0.3, 0.4) is 0 Å². The summed E-state index contributed by atoms with van der Waals surface area (Å²) in [5.74, 6) is 0.474. The monoisotopic (exact) mass is 420 g/mol. The highest BCUT2D eigenvalue weighted by molar-refractivity contribution is 7.18. The molecule has 6 heteroatoms. The maximum absolute atomic E-state index is 5.85. The molecule has 0 N–H and O–H groups in total. The first kappa shape index (κ1) is 20.7. The molecule has 2 unspecified atom stereocenters. The number of thiazole rings is 1. The summed E-state index contributed by atoms with van der Waals surface area (Å²) in [5.41, 5.74) is 6.15. The lowest BCUT2D eigenvalue weighted by atomic mass is 9.94. The second-order valence-electron chi connectivity index (χ2n) is 7.97. The number of hydrogen-bond acceptors (Lipinski definition) is 6. The van der Waals surface area contributed by atoms with E-state index in [1.54, 1.807) is 17.5 Å². The number of fused-ring (bicyclic) bond motifs is 1. The molecule has 0 radical (unpaired) electrons. The van der Waals surface area contributed by atoms with Gasteiger partial charge in [-0.2, -0.15) is 0 Å². The highest BCUT2D eigenvalue weighted by Gasteiger charge is 2.21. The van der Waals surface area contributed by atoms with Crippen LogP contribution in [-0.4, -0.2) is 26.8 Å². The van der Waals surface area contributed by atoms with E-state index in [0.29, 0.717) is 5.92 Å². The number of nitrogens with zero attached hydrogens (tertiary/aromatic N) is 4. The van der Waals surface area contributed by atoms with Gasteiger partial charge in [-0.1, -0.05) is 25.1 Å². The van der Waals surface area contributed by atoms with Gasteiger partial charge in [-0.25, -0.2) is 9.97 Å². The van der Waals surface area contributed by atoms with Crippen molar-refractivity contribution in [2.45, 2.75) is 59.5 Å². The molecular formula is C24H28N4OS. The van der Waals surface area contributed by atoms with Crippen LogP contribution in [0.5, 0.6) is 0 Å². The minimum absolute atomic E-state index is 0.0989. The van der Waals surface area contributed by atoms with E-state index in [1.807, 2.05) is 25.3 Å². The predicted molar refractivity (Wildman–Crippen MR) is 123 cm³/mol. The van der Waals surface area contributed by atoms with Crippen LogP contribution in [0.15, 0.2) is 41.8 Å². The van der Waals surface area contributed by atoms with Crippen LogP contribution < -0.4 is 0 Å². The highest BCUT2D eigenvalue weighted by atomic mass is 32.1. The van der Waals surface area contributed by atoms with E-state index in [2.05, 4.69) is 43.0 Å². The van der Waals surface area contributed by atoms with Crippen molar-refractivity contribution < 1.29 is 4.84 Å². The van der Waals surface area contributed by atoms with Crippen molar-refractivity contribution in [1.82, 2.24) is 15.0 Å². The van der Waals surface area contributed by atoms with Crippen molar-refractivity contribution in [3.8, 4) is 21.1 Å². The molecule has 2 atom stereocenters. The average Bonchev–Trinajstić information content (AvgIpc) is 3.18. The van der Waals surface area contributed by atoms with Crippen LogP contribution in [0.25, 0.3) is 21.1 Å². The van der Waals surface area contributed by atoms with Crippen LogP contribution >= 0.6 is 11.3 Å². The van der Waals surface area contributed by atoms with Gasteiger partial charge >= 0.3 is 0 Å². The fourth-order valence-corrected chi connectivity index (χ4v) is 4.58. The molecule has 0 bridgehead atoms. The zero-order chi connectivity index (χ0) is 21.1. The molecule has 1 aliphatic rings. The first-order chi connectivity index (χ1) is 14.6. The molecule has 3 aromatic heterocycles. The van der Waals surface area contributed by atoms with E-state index in [0.717, 1.165) is 63.9 Å². The zero-order valence-corrected chi connectivity index (χ0v) is 18.9. The highest BCUT2D eigenvalue weighted by Crippen LogP contribution is 2.35. The van der Waals surface area contributed by atoms with Gasteiger partial charge in [0.05, 0.1) is 22.0 Å². The summed E-state index contributed by atoms with van der Waals surface area (Å²) >= 11 is 1.66. The van der Waals surface area contributed by atoms with Gasteiger partial charge in [-0.05, 0) is 69.2 Å². The second-order valence-corrected chi connectivity index (χ2v) is 8.97. The summed E-state index contributed by atoms with van der Waals surface area (Å²) in [6.45, 7) is 8.51. The Balaban J connectivity index is 1.66. The Morgan fingerprint density at radius 2 is 2.03 bits per heavy atom. The normalized spacial score (nSPS) is 16.9. The van der Waals surface area contributed by atoms with E-state index in [-0.39, 0.29) is 6.10 Å². The zero-order valence-electron chi connectivity index (χ0n) is 18.1. The second kappa shape index (κ2) is 9.04. The van der Waals surface area contributed by atoms with Crippen molar-refractivity contribution in [2.24, 2.45) is 11.1 Å². The number of rotatable bonds is 6. The fraction of sp³-hybridized carbons (Fsp3) is 0.417. The lowest BCUT2D eigenvalue weighted by Gasteiger charge is -2.20. The lowest BCUT2D eigenvalue weighted by Crippen LogP contribution is -2.19. The van der Waals surface area contributed by atoms with Crippen molar-refractivity contribution in [2.75, 3.05) is 0 Å². The van der Waals surface area contributed by atoms with Crippen LogP contribution in [0.1, 0.15) is 57.0 Å². The Kier molecular flexibility index (Phi) is 6.23. The molecule has 156 valence electrons. The summed E-state index contributed by atoms with van der Waals surface area (Å²) in [6, 6.07) is 8.27. The van der Waals surface area contributed by atoms with Gasteiger partial charge in [-0.15, -0.1) is 11.3 Å². The molecule has 0 aromatic carbocycles. The first-order valence-electron chi connectivity index (χ1n) is 10.7. The summed E-state index contributed by atoms with van der Waals surface area (Å²) in [7, 11) is 0. The third-order valence-electron chi connectivity index (χ3n) is 5.82. The smallest absolute Gasteiger partial charge is 0.127 e. The Labute approximate surface area is 182 Å². The van der Waals surface area contributed by atoms with Crippen molar-refractivity contribution in [3.63, 3.8) is 0 Å². The maximum Gasteiger partial charge on any atom is 0.127 e. The van der Waals surface area contributed by atoms with Gasteiger partial charge in [-0.3, -0.25) is 4.98 Å². The summed E-state index contributed by atoms with van der Waals surface area (Å²) in [6.07, 6.45) is 7.82. The molecular weight excluding hydrogens is 392 g/mol. The first-order valence-corrected chi connectivity index (χ1v) is 11.5. The molecule has 5 nitrogen and oxygen atoms in total. The summed E-state index contributed by atoms with van der Waals surface area (Å²) in [5, 5.41) is 5.50. The molecule has 3 heterocycles. The van der Waals surface area contributed by atoms with E-state index in [4.69, 9.17) is 14.8 Å². The van der Waals surface area contributed by atoms with E-state index < -0.39 is 0 Å². The molecule has 30 heavy (non-hydrogen) atoms. The summed E-state index contributed by atoms with van der Waals surface area (Å²) in [4.78, 5) is 20.9. The van der Waals surface area contributed by atoms with Gasteiger partial charge in [0.1, 0.15) is 16.8 Å². The van der Waals surface area contributed by atoms with Crippen molar-refractivity contribution in [3.05, 3.63) is 53.6 Å². The molecule has 3 aromatic rings. The van der Waals surface area contributed by atoms with Gasteiger partial charge in [0.2, 0.25) is 0 Å². The lowest BCUT2D eigenvalue weighted by molar-refractivity contribution is 0.0333. The van der Waals surface area contributed by atoms with E-state index >= 15 is 0 Å². The van der Waals surface area contributed by atoms with Crippen LogP contribution in [-0.2, 0) is 11.3 Å². The quantitative estimate of drug-likeness (QED) is 0.454. The third kappa shape index (κ3) is 4.29. The fourth-order valence-electron chi connectivity index (χ4n) is 3.55. The maximum atomic E-state index is 5.85. The van der Waals surface area contributed by atoms with Gasteiger partial charge < -0.3 is 4.84 Å². The van der Waals surface area contributed by atoms with Crippen LogP contribution in [0, 0.1) is 12.8 Å². The minimum Gasteiger partial charge on any atom is -0.392 e. The molecule has 4 rings (SSSR count). The van der Waals surface area contributed by atoms with Crippen LogP contribution in [0.4, 0.5) is 0 Å². The molecule has 0 fully saturated rings. The molecule has 0 saturated carbocycles. The Morgan fingerprint density at radius 3 is 2.80 bits per heavy atom. The largest absolute Gasteiger partial charge is 0.392 e. The third-order valence-corrected chi connectivity index (χ3v) is 7.05. The van der Waals surface area contributed by atoms with Crippen LogP contribution in [0.2, 0.25) is 0 Å². The predicted octanol–water partition coefficient (Wildman–Crippen LogP) is 6.07. The molecule has 0 amide bonds. The number of aromatic nitrogens is 3. The Morgan fingerprint density at radius 1 is 1.17 bits per heavy atom. The number of hydrogen-bond donors (Lipinski definition) is 0. The average molecular weight is 421 g/mol. The van der Waals surface area contributed by atoms with E-state index in [1.165, 1.54) is 5.56 Å². The van der Waals surface area contributed by atoms with Gasteiger partial charge in [0, 0.05) is 18.0 Å². The van der Waals surface area contributed by atoms with E-state index in [9.17, 15) is 0 Å². The Hall–Kier alpha value is -2.60. The molecule has 0 aliphatic heterocycles. The standard InChI is InChI=1S/C24H28N4OS/c1-5-15(2)17(4)29-28-20-10-6-8-18-11-12-21(27-22(18)20)23-16(3)26-24(30-23)19-9-7-13-25-14-19/h7,9,11-15,17H,5-6,8,10H2,1-4H3/b28-20+. The number of oxime groups is 1. The topological polar surface area (TPSA) is 60.3 Å². The van der Waals surface area contributed by atoms with Crippen molar-refractivity contribution >= 4 is 17.0 Å².